The Bertz CT molecular complexity index is 1190. The zero-order valence-electron chi connectivity index (χ0n) is 19.5. The predicted molar refractivity (Wildman–Crippen MR) is 123 cm³/mol. The number of fused-ring (bicyclic) bond motifs is 1. The minimum atomic E-state index is -2.25. The lowest BCUT2D eigenvalue weighted by Crippen LogP contribution is -2.48. The number of aldehydes is 1. The number of aliphatic hydroxyl groups excluding tert-OH is 4. The fraction of sp³-hybridized carbons (Fsp3) is 0.476. The molecule has 16 heteroatoms. The maximum atomic E-state index is 14.5. The molecule has 0 unspecified atom stereocenters. The van der Waals surface area contributed by atoms with Gasteiger partial charge in [0.15, 0.2) is 29.8 Å². The van der Waals surface area contributed by atoms with E-state index in [1.807, 2.05) is 11.8 Å². The highest BCUT2D eigenvalue weighted by Crippen LogP contribution is 2.23. The van der Waals surface area contributed by atoms with E-state index in [1.54, 1.807) is 4.57 Å². The van der Waals surface area contributed by atoms with Gasteiger partial charge < -0.3 is 55.0 Å². The van der Waals surface area contributed by atoms with Gasteiger partial charge in [-0.05, 0) is 13.0 Å². The molecular weight excluding hydrogens is 503 g/mol. The number of aromatic nitrogens is 2. The molecule has 7 N–H and O–H groups in total. The quantitative estimate of drug-likeness (QED) is 0.141. The third-order valence-electron chi connectivity index (χ3n) is 5.32. The Morgan fingerprint density at radius 2 is 1.81 bits per heavy atom. The molecule has 204 valence electrons. The number of rotatable bonds is 8. The molecule has 0 radical (unpaired) electrons. The average molecular weight is 530 g/mol. The molecular formula is C21H27FN4O11. The van der Waals surface area contributed by atoms with Gasteiger partial charge in [0.05, 0.1) is 11.6 Å². The minimum Gasteiger partial charge on any atom is -0.479 e. The Labute approximate surface area is 208 Å². The van der Waals surface area contributed by atoms with E-state index in [2.05, 4.69) is 15.0 Å². The van der Waals surface area contributed by atoms with Crippen molar-refractivity contribution in [1.29, 1.82) is 0 Å². The van der Waals surface area contributed by atoms with Crippen LogP contribution in [0.1, 0.15) is 6.92 Å². The van der Waals surface area contributed by atoms with Gasteiger partial charge in [0.2, 0.25) is 5.43 Å². The van der Waals surface area contributed by atoms with Gasteiger partial charge in [-0.2, -0.15) is 0 Å². The Kier molecular flexibility index (Phi) is 10.4. The van der Waals surface area contributed by atoms with Crippen molar-refractivity contribution in [3.8, 4) is 5.75 Å². The van der Waals surface area contributed by atoms with Crippen molar-refractivity contribution in [3.05, 3.63) is 28.3 Å². The van der Waals surface area contributed by atoms with Crippen LogP contribution in [0.4, 0.5) is 15.0 Å². The summed E-state index contributed by atoms with van der Waals surface area (Å²) in [4.78, 5) is 49.2. The molecule has 1 aliphatic rings. The smallest absolute Gasteiger partial charge is 0.479 e. The SMILES string of the molecule is CCn1cc(OC(=O)O)c(=O)c2cc(F)c(N3CCNCC3)nc21.O=C[C@H](O)[C@@H](O)[C@@H](O)[C@H](O)C(=O)O. The Balaban J connectivity index is 0.000000317. The molecule has 1 saturated heterocycles. The number of nitrogens with zero attached hydrogens (tertiary/aromatic N) is 3. The van der Waals surface area contributed by atoms with Gasteiger partial charge in [0, 0.05) is 32.7 Å². The number of nitrogens with one attached hydrogen (secondary N) is 1. The van der Waals surface area contributed by atoms with Crippen molar-refractivity contribution in [3.63, 3.8) is 0 Å². The number of carbonyl (C=O) groups excluding carboxylic acids is 1. The largest absolute Gasteiger partial charge is 0.511 e. The third kappa shape index (κ3) is 7.17. The predicted octanol–water partition coefficient (Wildman–Crippen LogP) is -2.26. The zero-order chi connectivity index (χ0) is 27.9. The van der Waals surface area contributed by atoms with Crippen molar-refractivity contribution < 1.29 is 54.2 Å². The van der Waals surface area contributed by atoms with Crippen LogP contribution in [0.25, 0.3) is 11.0 Å². The lowest BCUT2D eigenvalue weighted by atomic mass is 10.0. The molecule has 0 bridgehead atoms. The molecule has 37 heavy (non-hydrogen) atoms. The maximum absolute atomic E-state index is 14.5. The number of carboxylic acids is 1. The van der Waals surface area contributed by atoms with Crippen LogP contribution in [0.3, 0.4) is 0 Å². The summed E-state index contributed by atoms with van der Waals surface area (Å²) >= 11 is 0. The molecule has 1 fully saturated rings. The highest BCUT2D eigenvalue weighted by molar-refractivity contribution is 5.79. The second-order valence-corrected chi connectivity index (χ2v) is 7.77. The number of carboxylic acid groups (broad SMARTS) is 2. The monoisotopic (exact) mass is 530 g/mol. The fourth-order valence-corrected chi connectivity index (χ4v) is 3.37. The van der Waals surface area contributed by atoms with Crippen LogP contribution < -0.4 is 20.4 Å². The summed E-state index contributed by atoms with van der Waals surface area (Å²) in [6.07, 6.45) is -8.71. The van der Waals surface area contributed by atoms with E-state index in [4.69, 9.17) is 30.6 Å². The number of halogens is 1. The molecule has 2 aromatic rings. The number of piperazine rings is 1. The highest BCUT2D eigenvalue weighted by Gasteiger charge is 2.34. The van der Waals surface area contributed by atoms with Crippen LogP contribution in [0.5, 0.6) is 5.75 Å². The van der Waals surface area contributed by atoms with Gasteiger partial charge >= 0.3 is 12.1 Å². The number of hydrogen-bond acceptors (Lipinski definition) is 12. The molecule has 1 aliphatic heterocycles. The maximum Gasteiger partial charge on any atom is 0.511 e. The molecule has 3 heterocycles. The van der Waals surface area contributed by atoms with Crippen LogP contribution in [-0.2, 0) is 16.1 Å². The molecule has 2 aromatic heterocycles. The number of anilines is 1. The molecule has 3 rings (SSSR count). The average Bonchev–Trinajstić information content (AvgIpc) is 2.88. The first-order chi connectivity index (χ1) is 17.4. The third-order valence-corrected chi connectivity index (χ3v) is 5.32. The molecule has 0 amide bonds. The first kappa shape index (κ1) is 29.5. The lowest BCUT2D eigenvalue weighted by molar-refractivity contribution is -0.163. The fourth-order valence-electron chi connectivity index (χ4n) is 3.37. The van der Waals surface area contributed by atoms with Gasteiger partial charge in [0.25, 0.3) is 0 Å². The first-order valence-corrected chi connectivity index (χ1v) is 10.9. The number of aryl methyl sites for hydroxylation is 1. The van der Waals surface area contributed by atoms with Crippen LogP contribution >= 0.6 is 0 Å². The topological polar surface area (TPSA) is 232 Å². The standard InChI is InChI=1S/C15H17FN4O4.C6H10O7/c1-2-19-8-11(24-15(22)23)12(21)9-7-10(16)14(18-13(9)19)20-5-3-17-4-6-20;7-1-2(8)3(9)4(10)5(11)6(12)13/h7-8,17H,2-6H2,1H3,(H,22,23);1-5,8-11H,(H,12,13)/t;2-,3+,4+,5-/m.0/s1. The first-order valence-electron chi connectivity index (χ1n) is 10.9. The second kappa shape index (κ2) is 13.0. The van der Waals surface area contributed by atoms with Gasteiger partial charge in [-0.15, -0.1) is 0 Å². The van der Waals surface area contributed by atoms with Crippen molar-refractivity contribution >= 4 is 35.3 Å². The van der Waals surface area contributed by atoms with E-state index >= 15 is 0 Å². The summed E-state index contributed by atoms with van der Waals surface area (Å²) in [5.41, 5.74) is -0.398. The van der Waals surface area contributed by atoms with Crippen LogP contribution in [-0.4, -0.2) is 109 Å². The summed E-state index contributed by atoms with van der Waals surface area (Å²) < 4.78 is 20.6. The van der Waals surface area contributed by atoms with Gasteiger partial charge in [-0.25, -0.2) is 19.0 Å². The molecule has 4 atom stereocenters. The van der Waals surface area contributed by atoms with E-state index in [0.29, 0.717) is 25.3 Å². The Hall–Kier alpha value is -3.70. The summed E-state index contributed by atoms with van der Waals surface area (Å²) in [6, 6.07) is 1.10. The number of pyridine rings is 2. The van der Waals surface area contributed by atoms with Crippen molar-refractivity contribution in [2.45, 2.75) is 37.9 Å². The van der Waals surface area contributed by atoms with E-state index in [0.717, 1.165) is 19.2 Å². The molecule has 0 aromatic carbocycles. The highest BCUT2D eigenvalue weighted by atomic mass is 19.1. The van der Waals surface area contributed by atoms with Crippen LogP contribution in [0.15, 0.2) is 17.1 Å². The summed E-state index contributed by atoms with van der Waals surface area (Å²) in [5, 5.41) is 55.1. The molecule has 0 spiro atoms. The number of hydrogen-bond donors (Lipinski definition) is 7. The number of carbonyl (C=O) groups is 3. The van der Waals surface area contributed by atoms with Crippen molar-refractivity contribution in [2.75, 3.05) is 31.1 Å². The summed E-state index contributed by atoms with van der Waals surface area (Å²) in [7, 11) is 0. The van der Waals surface area contributed by atoms with Crippen LogP contribution in [0, 0.1) is 5.82 Å². The van der Waals surface area contributed by atoms with Gasteiger partial charge in [-0.1, -0.05) is 0 Å². The summed E-state index contributed by atoms with van der Waals surface area (Å²) in [6.45, 7) is 4.92. The van der Waals surface area contributed by atoms with Gasteiger partial charge in [0.1, 0.15) is 24.0 Å². The second-order valence-electron chi connectivity index (χ2n) is 7.77. The van der Waals surface area contributed by atoms with Crippen molar-refractivity contribution in [2.24, 2.45) is 0 Å². The zero-order valence-corrected chi connectivity index (χ0v) is 19.5. The minimum absolute atomic E-state index is 0.00742. The van der Waals surface area contributed by atoms with E-state index in [9.17, 15) is 23.6 Å². The van der Waals surface area contributed by atoms with E-state index in [-0.39, 0.29) is 23.2 Å². The Morgan fingerprint density at radius 3 is 2.32 bits per heavy atom. The Morgan fingerprint density at radius 1 is 1.19 bits per heavy atom. The van der Waals surface area contributed by atoms with Crippen molar-refractivity contribution in [1.82, 2.24) is 14.9 Å². The lowest BCUT2D eigenvalue weighted by Gasteiger charge is -2.29. The van der Waals surface area contributed by atoms with E-state index in [1.165, 1.54) is 6.20 Å². The number of aliphatic hydroxyl groups is 4. The van der Waals surface area contributed by atoms with Crippen LogP contribution in [0.2, 0.25) is 0 Å². The molecule has 15 nitrogen and oxygen atoms in total. The van der Waals surface area contributed by atoms with E-state index < -0.39 is 47.8 Å². The number of ether oxygens (including phenoxy) is 1. The van der Waals surface area contributed by atoms with Gasteiger partial charge in [-0.3, -0.25) is 4.79 Å². The molecule has 0 saturated carbocycles. The summed E-state index contributed by atoms with van der Waals surface area (Å²) in [5.74, 6) is -2.55. The number of aliphatic carboxylic acids is 1. The molecule has 0 aliphatic carbocycles. The normalized spacial score (nSPS) is 16.6.